The molecule has 0 atom stereocenters. The molecule has 2 aromatic heterocycles. The van der Waals surface area contributed by atoms with Crippen LogP contribution in [0.15, 0.2) is 36.4 Å². The Hall–Kier alpha value is -4.02. The van der Waals surface area contributed by atoms with Crippen LogP contribution in [0.2, 0.25) is 0 Å². The molecule has 0 unspecified atom stereocenters. The van der Waals surface area contributed by atoms with Crippen molar-refractivity contribution in [2.45, 2.75) is 26.2 Å². The standard InChI is InChI=1S/C24H25F2N5O4/c1-14-12-19(30-29-14)28-21-17(25)7-6-15(27-21)13-24(23(33)34)8-10-31(11-9-24)22(32)16-4-3-5-18(35-2)20(16)26/h3-7,12H,8-11,13H2,1-2H3,(H,33,34)(H2,27,28,29,30). The maximum atomic E-state index is 14.6. The number of amides is 1. The highest BCUT2D eigenvalue weighted by Crippen LogP contribution is 2.36. The number of ether oxygens (including phenoxy) is 1. The number of nitrogens with one attached hydrogen (secondary N) is 2. The molecule has 3 N–H and O–H groups in total. The molecule has 1 aliphatic rings. The van der Waals surface area contributed by atoms with Crippen LogP contribution in [0.1, 0.15) is 34.6 Å². The number of anilines is 2. The van der Waals surface area contributed by atoms with Crippen LogP contribution in [0, 0.1) is 24.0 Å². The minimum absolute atomic E-state index is 0.0375. The number of carboxylic acid groups (broad SMARTS) is 1. The van der Waals surface area contributed by atoms with Crippen molar-refractivity contribution in [2.24, 2.45) is 5.41 Å². The van der Waals surface area contributed by atoms with E-state index in [-0.39, 0.29) is 49.5 Å². The number of rotatable bonds is 7. The number of aromatic nitrogens is 3. The van der Waals surface area contributed by atoms with E-state index >= 15 is 0 Å². The molecule has 11 heteroatoms. The van der Waals surface area contributed by atoms with Crippen molar-refractivity contribution in [1.29, 1.82) is 0 Å². The second kappa shape index (κ2) is 9.69. The monoisotopic (exact) mass is 485 g/mol. The van der Waals surface area contributed by atoms with Gasteiger partial charge in [0.15, 0.2) is 29.0 Å². The van der Waals surface area contributed by atoms with Gasteiger partial charge in [0.05, 0.1) is 18.1 Å². The van der Waals surface area contributed by atoms with Crippen LogP contribution < -0.4 is 10.1 Å². The summed E-state index contributed by atoms with van der Waals surface area (Å²) < 4.78 is 33.8. The number of halogens is 2. The number of methoxy groups -OCH3 is 1. The fourth-order valence-corrected chi connectivity index (χ4v) is 4.23. The highest BCUT2D eigenvalue weighted by atomic mass is 19.1. The quantitative estimate of drug-likeness (QED) is 0.467. The molecule has 3 aromatic rings. The van der Waals surface area contributed by atoms with Crippen molar-refractivity contribution in [1.82, 2.24) is 20.1 Å². The van der Waals surface area contributed by atoms with Crippen molar-refractivity contribution in [3.63, 3.8) is 0 Å². The fraction of sp³-hybridized carbons (Fsp3) is 0.333. The van der Waals surface area contributed by atoms with Gasteiger partial charge in [0.1, 0.15) is 0 Å². The van der Waals surface area contributed by atoms with E-state index in [2.05, 4.69) is 20.5 Å². The number of piperidine rings is 1. The first-order valence-electron chi connectivity index (χ1n) is 11.0. The zero-order chi connectivity index (χ0) is 25.2. The fourth-order valence-electron chi connectivity index (χ4n) is 4.23. The van der Waals surface area contributed by atoms with Gasteiger partial charge in [-0.05, 0) is 44.0 Å². The van der Waals surface area contributed by atoms with E-state index in [0.29, 0.717) is 11.5 Å². The molecule has 3 heterocycles. The van der Waals surface area contributed by atoms with Crippen LogP contribution in [0.25, 0.3) is 0 Å². The van der Waals surface area contributed by atoms with Gasteiger partial charge in [-0.3, -0.25) is 14.7 Å². The molecule has 0 radical (unpaired) electrons. The zero-order valence-corrected chi connectivity index (χ0v) is 19.3. The summed E-state index contributed by atoms with van der Waals surface area (Å²) in [5, 5.41) is 19.6. The molecule has 35 heavy (non-hydrogen) atoms. The van der Waals surface area contributed by atoms with E-state index in [1.165, 1.54) is 42.3 Å². The van der Waals surface area contributed by atoms with E-state index in [9.17, 15) is 23.5 Å². The number of hydrogen-bond acceptors (Lipinski definition) is 6. The Morgan fingerprint density at radius 1 is 1.23 bits per heavy atom. The van der Waals surface area contributed by atoms with Crippen LogP contribution in [0.3, 0.4) is 0 Å². The molecule has 1 fully saturated rings. The topological polar surface area (TPSA) is 120 Å². The molecule has 4 rings (SSSR count). The summed E-state index contributed by atoms with van der Waals surface area (Å²) in [4.78, 5) is 30.9. The summed E-state index contributed by atoms with van der Waals surface area (Å²) in [6.45, 7) is 2.05. The summed E-state index contributed by atoms with van der Waals surface area (Å²) in [6.07, 6.45) is 0.326. The van der Waals surface area contributed by atoms with Crippen LogP contribution >= 0.6 is 0 Å². The Kier molecular flexibility index (Phi) is 6.68. The lowest BCUT2D eigenvalue weighted by Crippen LogP contribution is -2.47. The largest absolute Gasteiger partial charge is 0.494 e. The highest BCUT2D eigenvalue weighted by molar-refractivity contribution is 5.95. The van der Waals surface area contributed by atoms with Gasteiger partial charge < -0.3 is 20.1 Å². The van der Waals surface area contributed by atoms with E-state index in [1.807, 2.05) is 0 Å². The van der Waals surface area contributed by atoms with Gasteiger partial charge >= 0.3 is 5.97 Å². The van der Waals surface area contributed by atoms with E-state index in [0.717, 1.165) is 5.69 Å². The van der Waals surface area contributed by atoms with Gasteiger partial charge in [0, 0.05) is 37.0 Å². The van der Waals surface area contributed by atoms with E-state index in [4.69, 9.17) is 4.74 Å². The first-order chi connectivity index (χ1) is 16.7. The van der Waals surface area contributed by atoms with Gasteiger partial charge in [-0.2, -0.15) is 5.10 Å². The Bertz CT molecular complexity index is 1250. The number of carboxylic acids is 1. The van der Waals surface area contributed by atoms with Crippen molar-refractivity contribution >= 4 is 23.5 Å². The van der Waals surface area contributed by atoms with Crippen molar-refractivity contribution < 1.29 is 28.2 Å². The van der Waals surface area contributed by atoms with E-state index < -0.39 is 28.9 Å². The Labute approximate surface area is 200 Å². The maximum Gasteiger partial charge on any atom is 0.310 e. The average molecular weight is 485 g/mol. The van der Waals surface area contributed by atoms with Crippen molar-refractivity contribution in [2.75, 3.05) is 25.5 Å². The molecular weight excluding hydrogens is 460 g/mol. The van der Waals surface area contributed by atoms with E-state index in [1.54, 1.807) is 13.0 Å². The van der Waals surface area contributed by atoms with Gasteiger partial charge in [-0.1, -0.05) is 6.07 Å². The predicted molar refractivity (Wildman–Crippen MR) is 123 cm³/mol. The third-order valence-electron chi connectivity index (χ3n) is 6.25. The van der Waals surface area contributed by atoms with Crippen molar-refractivity contribution in [3.05, 3.63) is 65.0 Å². The smallest absolute Gasteiger partial charge is 0.310 e. The number of aliphatic carboxylic acids is 1. The van der Waals surface area contributed by atoms with Crippen LogP contribution in [-0.4, -0.2) is 57.3 Å². The number of H-pyrrole nitrogens is 1. The molecule has 1 aromatic carbocycles. The summed E-state index contributed by atoms with van der Waals surface area (Å²) in [6, 6.07) is 8.68. The van der Waals surface area contributed by atoms with Crippen LogP contribution in [0.5, 0.6) is 5.75 Å². The third kappa shape index (κ3) is 4.93. The lowest BCUT2D eigenvalue weighted by molar-refractivity contribution is -0.151. The van der Waals surface area contributed by atoms with Crippen LogP contribution in [-0.2, 0) is 11.2 Å². The predicted octanol–water partition coefficient (Wildman–Crippen LogP) is 3.69. The minimum atomic E-state index is -1.20. The molecule has 0 bridgehead atoms. The lowest BCUT2D eigenvalue weighted by Gasteiger charge is -2.39. The Morgan fingerprint density at radius 2 is 1.97 bits per heavy atom. The lowest BCUT2D eigenvalue weighted by atomic mass is 9.74. The second-order valence-corrected chi connectivity index (χ2v) is 8.57. The summed E-state index contributed by atoms with van der Waals surface area (Å²) in [5.74, 6) is -2.62. The number of nitrogens with zero attached hydrogens (tertiary/aromatic N) is 3. The summed E-state index contributed by atoms with van der Waals surface area (Å²) >= 11 is 0. The second-order valence-electron chi connectivity index (χ2n) is 8.57. The minimum Gasteiger partial charge on any atom is -0.494 e. The van der Waals surface area contributed by atoms with Crippen LogP contribution in [0.4, 0.5) is 20.4 Å². The first-order valence-corrected chi connectivity index (χ1v) is 11.0. The first kappa shape index (κ1) is 24.1. The molecule has 0 spiro atoms. The molecule has 1 saturated heterocycles. The van der Waals surface area contributed by atoms with Gasteiger partial charge in [-0.25, -0.2) is 13.8 Å². The summed E-state index contributed by atoms with van der Waals surface area (Å²) in [5.41, 5.74) is -0.155. The molecule has 1 aliphatic heterocycles. The van der Waals surface area contributed by atoms with Crippen molar-refractivity contribution in [3.8, 4) is 5.75 Å². The van der Waals surface area contributed by atoms with Gasteiger partial charge in [-0.15, -0.1) is 0 Å². The number of hydrogen-bond donors (Lipinski definition) is 3. The Morgan fingerprint density at radius 3 is 2.60 bits per heavy atom. The molecular formula is C24H25F2N5O4. The highest BCUT2D eigenvalue weighted by Gasteiger charge is 2.43. The molecule has 0 aliphatic carbocycles. The average Bonchev–Trinajstić information content (AvgIpc) is 3.25. The van der Waals surface area contributed by atoms with Gasteiger partial charge in [0.2, 0.25) is 0 Å². The molecule has 184 valence electrons. The SMILES string of the molecule is COc1cccc(C(=O)N2CCC(Cc3ccc(F)c(Nc4cc(C)[nH]n4)n3)(C(=O)O)CC2)c1F. The molecule has 9 nitrogen and oxygen atoms in total. The number of aromatic amines is 1. The molecule has 0 saturated carbocycles. The number of pyridine rings is 1. The maximum absolute atomic E-state index is 14.6. The normalized spacial score (nSPS) is 15.0. The third-order valence-corrected chi connectivity index (χ3v) is 6.25. The number of carbonyl (C=O) groups is 2. The number of likely N-dealkylation sites (tertiary alicyclic amines) is 1. The number of aryl methyl sites for hydroxylation is 1. The number of carbonyl (C=O) groups excluding carboxylic acids is 1. The Balaban J connectivity index is 1.50. The summed E-state index contributed by atoms with van der Waals surface area (Å²) in [7, 11) is 1.31. The zero-order valence-electron chi connectivity index (χ0n) is 19.3. The molecule has 1 amide bonds. The van der Waals surface area contributed by atoms with Gasteiger partial charge in [0.25, 0.3) is 5.91 Å². The number of benzene rings is 1.